The van der Waals surface area contributed by atoms with E-state index in [1.54, 1.807) is 18.2 Å². The van der Waals surface area contributed by atoms with Crippen LogP contribution in [0, 0.1) is 18.3 Å². The zero-order chi connectivity index (χ0) is 16.7. The Kier molecular flexibility index (Phi) is 3.18. The number of benzene rings is 2. The van der Waals surface area contributed by atoms with Gasteiger partial charge in [-0.1, -0.05) is 36.4 Å². The Balaban J connectivity index is 2.14. The number of ketones is 1. The number of rotatable bonds is 2. The van der Waals surface area contributed by atoms with Crippen molar-refractivity contribution in [3.63, 3.8) is 0 Å². The van der Waals surface area contributed by atoms with E-state index in [1.807, 2.05) is 60.0 Å². The average Bonchev–Trinajstić information content (AvgIpc) is 3.11. The molecule has 0 spiro atoms. The average molecular weight is 310 g/mol. The van der Waals surface area contributed by atoms with Crippen molar-refractivity contribution >= 4 is 22.2 Å². The summed E-state index contributed by atoms with van der Waals surface area (Å²) in [5.74, 6) is -0.0710. The van der Waals surface area contributed by atoms with Gasteiger partial charge in [0.1, 0.15) is 0 Å². The molecule has 0 amide bonds. The number of carbonyl (C=O) groups is 1. The molecule has 0 aliphatic heterocycles. The minimum atomic E-state index is -0.0710. The van der Waals surface area contributed by atoms with Crippen LogP contribution in [0.25, 0.3) is 16.4 Å². The second kappa shape index (κ2) is 5.36. The minimum absolute atomic E-state index is 0.0710. The van der Waals surface area contributed by atoms with Gasteiger partial charge in [-0.2, -0.15) is 5.26 Å². The van der Waals surface area contributed by atoms with Crippen LogP contribution >= 0.6 is 0 Å². The van der Waals surface area contributed by atoms with Crippen molar-refractivity contribution in [2.75, 3.05) is 0 Å². The summed E-state index contributed by atoms with van der Waals surface area (Å²) in [6, 6.07) is 21.1. The van der Waals surface area contributed by atoms with E-state index in [2.05, 4.69) is 6.07 Å². The number of pyridine rings is 1. The van der Waals surface area contributed by atoms with E-state index in [1.165, 1.54) is 0 Å². The maximum absolute atomic E-state index is 13.1. The molecule has 2 aromatic heterocycles. The highest BCUT2D eigenvalue weighted by Crippen LogP contribution is 2.29. The first-order chi connectivity index (χ1) is 11.7. The first kappa shape index (κ1) is 14.2. The van der Waals surface area contributed by atoms with Crippen LogP contribution in [0.2, 0.25) is 0 Å². The van der Waals surface area contributed by atoms with Crippen LogP contribution < -0.4 is 0 Å². The van der Waals surface area contributed by atoms with Crippen LogP contribution in [0.4, 0.5) is 0 Å². The topological polar surface area (TPSA) is 45.3 Å². The number of aryl methyl sites for hydroxylation is 1. The van der Waals surface area contributed by atoms with Crippen molar-refractivity contribution in [2.45, 2.75) is 6.92 Å². The van der Waals surface area contributed by atoms with Crippen molar-refractivity contribution in [2.24, 2.45) is 0 Å². The van der Waals surface area contributed by atoms with Crippen molar-refractivity contribution in [3.05, 3.63) is 89.1 Å². The number of aromatic nitrogens is 1. The van der Waals surface area contributed by atoms with E-state index in [0.717, 1.165) is 22.0 Å². The zero-order valence-electron chi connectivity index (χ0n) is 13.2. The van der Waals surface area contributed by atoms with Crippen LogP contribution in [-0.4, -0.2) is 10.2 Å². The Morgan fingerprint density at radius 2 is 1.83 bits per heavy atom. The molecule has 4 aromatic rings. The number of hydrogen-bond acceptors (Lipinski definition) is 2. The summed E-state index contributed by atoms with van der Waals surface area (Å²) in [5.41, 5.74) is 4.48. The molecule has 2 aromatic carbocycles. The molecule has 0 aliphatic carbocycles. The fraction of sp³-hybridized carbons (Fsp3) is 0.0476. The normalized spacial score (nSPS) is 10.8. The smallest absolute Gasteiger partial charge is 0.195 e. The van der Waals surface area contributed by atoms with Gasteiger partial charge >= 0.3 is 0 Å². The van der Waals surface area contributed by atoms with E-state index in [9.17, 15) is 10.1 Å². The molecular formula is C21H14N2O. The molecule has 0 aliphatic rings. The van der Waals surface area contributed by atoms with E-state index >= 15 is 0 Å². The quantitative estimate of drug-likeness (QED) is 0.512. The lowest BCUT2D eigenvalue weighted by Crippen LogP contribution is -2.06. The predicted octanol–water partition coefficient (Wildman–Crippen LogP) is 4.50. The van der Waals surface area contributed by atoms with E-state index in [4.69, 9.17) is 0 Å². The van der Waals surface area contributed by atoms with Gasteiger partial charge in [0.05, 0.1) is 17.1 Å². The lowest BCUT2D eigenvalue weighted by Gasteiger charge is -2.13. The van der Waals surface area contributed by atoms with Gasteiger partial charge in [-0.25, -0.2) is 0 Å². The van der Waals surface area contributed by atoms with Crippen LogP contribution in [-0.2, 0) is 0 Å². The maximum atomic E-state index is 13.1. The third kappa shape index (κ3) is 2.01. The summed E-state index contributed by atoms with van der Waals surface area (Å²) in [5, 5.41) is 10.4. The Hall–Kier alpha value is -3.38. The lowest BCUT2D eigenvalue weighted by atomic mass is 9.94. The van der Waals surface area contributed by atoms with Crippen molar-refractivity contribution in [1.82, 2.24) is 4.40 Å². The molecule has 0 fully saturated rings. The van der Waals surface area contributed by atoms with E-state index < -0.39 is 0 Å². The largest absolute Gasteiger partial charge is 0.316 e. The van der Waals surface area contributed by atoms with E-state index in [-0.39, 0.29) is 5.78 Å². The number of fused-ring (bicyclic) bond motifs is 3. The molecule has 0 saturated carbocycles. The summed E-state index contributed by atoms with van der Waals surface area (Å²) in [6.07, 6.45) is 1.95. The van der Waals surface area contributed by atoms with Gasteiger partial charge in [-0.3, -0.25) is 4.79 Å². The molecule has 24 heavy (non-hydrogen) atoms. The molecule has 0 atom stereocenters. The standard InChI is InChI=1S/C21H14N2O/c1-14-16(13-22)12-19(21(24)15-6-3-2-4-7-15)20-18(14)10-9-17-8-5-11-23(17)20/h2-12H,1H3. The second-order valence-corrected chi connectivity index (χ2v) is 5.80. The first-order valence-corrected chi connectivity index (χ1v) is 7.74. The highest BCUT2D eigenvalue weighted by Gasteiger charge is 2.18. The van der Waals surface area contributed by atoms with Gasteiger partial charge in [-0.05, 0) is 36.8 Å². The van der Waals surface area contributed by atoms with Crippen molar-refractivity contribution in [3.8, 4) is 6.07 Å². The Morgan fingerprint density at radius 3 is 2.58 bits per heavy atom. The zero-order valence-corrected chi connectivity index (χ0v) is 13.2. The number of nitrogens with zero attached hydrogens (tertiary/aromatic N) is 2. The third-order valence-electron chi connectivity index (χ3n) is 4.45. The molecule has 0 bridgehead atoms. The van der Waals surface area contributed by atoms with Crippen LogP contribution in [0.15, 0.2) is 66.9 Å². The van der Waals surface area contributed by atoms with E-state index in [0.29, 0.717) is 16.7 Å². The highest BCUT2D eigenvalue weighted by molar-refractivity contribution is 6.16. The molecule has 3 nitrogen and oxygen atoms in total. The number of hydrogen-bond donors (Lipinski definition) is 0. The van der Waals surface area contributed by atoms with Crippen LogP contribution in [0.5, 0.6) is 0 Å². The van der Waals surface area contributed by atoms with Gasteiger partial charge in [-0.15, -0.1) is 0 Å². The Labute approximate surface area is 139 Å². The maximum Gasteiger partial charge on any atom is 0.195 e. The molecule has 4 rings (SSSR count). The molecule has 2 heterocycles. The Morgan fingerprint density at radius 1 is 1.04 bits per heavy atom. The molecule has 0 unspecified atom stereocenters. The van der Waals surface area contributed by atoms with Gasteiger partial charge in [0.25, 0.3) is 0 Å². The summed E-state index contributed by atoms with van der Waals surface area (Å²) in [6.45, 7) is 1.92. The number of carbonyl (C=O) groups excluding carboxylic acids is 1. The monoisotopic (exact) mass is 310 g/mol. The fourth-order valence-electron chi connectivity index (χ4n) is 3.19. The van der Waals surface area contributed by atoms with Crippen LogP contribution in [0.3, 0.4) is 0 Å². The fourth-order valence-corrected chi connectivity index (χ4v) is 3.19. The molecule has 0 N–H and O–H groups in total. The molecule has 0 radical (unpaired) electrons. The van der Waals surface area contributed by atoms with Gasteiger partial charge in [0, 0.05) is 28.2 Å². The summed E-state index contributed by atoms with van der Waals surface area (Å²) >= 11 is 0. The summed E-state index contributed by atoms with van der Waals surface area (Å²) in [7, 11) is 0. The predicted molar refractivity (Wildman–Crippen MR) is 94.2 cm³/mol. The summed E-state index contributed by atoms with van der Waals surface area (Å²) < 4.78 is 2.01. The molecule has 0 saturated heterocycles. The van der Waals surface area contributed by atoms with Gasteiger partial charge < -0.3 is 4.40 Å². The first-order valence-electron chi connectivity index (χ1n) is 7.74. The number of nitriles is 1. The van der Waals surface area contributed by atoms with Crippen molar-refractivity contribution < 1.29 is 4.79 Å². The molecular weight excluding hydrogens is 296 g/mol. The van der Waals surface area contributed by atoms with Gasteiger partial charge in [0.15, 0.2) is 5.78 Å². The summed E-state index contributed by atoms with van der Waals surface area (Å²) in [4.78, 5) is 13.1. The van der Waals surface area contributed by atoms with Crippen molar-refractivity contribution in [1.29, 1.82) is 5.26 Å². The minimum Gasteiger partial charge on any atom is -0.316 e. The second-order valence-electron chi connectivity index (χ2n) is 5.80. The lowest BCUT2D eigenvalue weighted by molar-refractivity contribution is 0.104. The molecule has 3 heteroatoms. The SMILES string of the molecule is Cc1c(C#N)cc(C(=O)c2ccccc2)c2c1ccc1cccn12. The Bertz CT molecular complexity index is 1130. The highest BCUT2D eigenvalue weighted by atomic mass is 16.1. The molecule has 114 valence electrons. The van der Waals surface area contributed by atoms with Crippen LogP contribution in [0.1, 0.15) is 27.0 Å². The third-order valence-corrected chi connectivity index (χ3v) is 4.45. The van der Waals surface area contributed by atoms with Gasteiger partial charge in [0.2, 0.25) is 0 Å².